The second kappa shape index (κ2) is 5.40. The van der Waals surface area contributed by atoms with Crippen molar-refractivity contribution >= 4 is 34.0 Å². The predicted molar refractivity (Wildman–Crippen MR) is 76.9 cm³/mol. The maximum atomic E-state index is 11.1. The molecule has 2 rings (SSSR count). The van der Waals surface area contributed by atoms with E-state index >= 15 is 0 Å². The van der Waals surface area contributed by atoms with E-state index in [1.807, 2.05) is 19.9 Å². The fourth-order valence-corrected chi connectivity index (χ4v) is 2.20. The van der Waals surface area contributed by atoms with Crippen molar-refractivity contribution in [2.45, 2.75) is 20.3 Å². The Balaban J connectivity index is 2.79. The number of nitro groups is 1. The predicted octanol–water partition coefficient (Wildman–Crippen LogP) is 3.79. The third-order valence-corrected chi connectivity index (χ3v) is 3.24. The lowest BCUT2D eigenvalue weighted by atomic mass is 10.1. The highest BCUT2D eigenvalue weighted by Crippen LogP contribution is 2.32. The number of hydrogen-bond acceptors (Lipinski definition) is 4. The van der Waals surface area contributed by atoms with Crippen molar-refractivity contribution in [2.75, 3.05) is 11.9 Å². The number of aryl methyl sites for hydroxylation is 1. The van der Waals surface area contributed by atoms with Gasteiger partial charge < -0.3 is 5.32 Å². The van der Waals surface area contributed by atoms with Gasteiger partial charge in [-0.25, -0.2) is 4.98 Å². The number of aromatic nitrogens is 1. The Morgan fingerprint density at radius 3 is 2.74 bits per heavy atom. The van der Waals surface area contributed by atoms with Gasteiger partial charge in [-0.05, 0) is 31.0 Å². The number of benzene rings is 1. The number of anilines is 1. The van der Waals surface area contributed by atoms with E-state index in [-0.39, 0.29) is 5.69 Å². The van der Waals surface area contributed by atoms with Gasteiger partial charge in [0.15, 0.2) is 5.52 Å². The van der Waals surface area contributed by atoms with Crippen LogP contribution in [0.5, 0.6) is 0 Å². The molecule has 5 nitrogen and oxygen atoms in total. The SMILES string of the molecule is CCNc1nc2c([N+](=O)[O-])ccc(Cl)c2cc1CC. The molecule has 0 atom stereocenters. The largest absolute Gasteiger partial charge is 0.370 e. The summed E-state index contributed by atoms with van der Waals surface area (Å²) in [6.07, 6.45) is 0.782. The number of rotatable bonds is 4. The topological polar surface area (TPSA) is 68.1 Å². The monoisotopic (exact) mass is 279 g/mol. The lowest BCUT2D eigenvalue weighted by Gasteiger charge is -2.11. The molecule has 0 saturated carbocycles. The van der Waals surface area contributed by atoms with Gasteiger partial charge in [0.05, 0.1) is 9.95 Å². The number of fused-ring (bicyclic) bond motifs is 1. The van der Waals surface area contributed by atoms with Crippen LogP contribution in [0, 0.1) is 10.1 Å². The molecular weight excluding hydrogens is 266 g/mol. The summed E-state index contributed by atoms with van der Waals surface area (Å²) in [5.74, 6) is 0.683. The first-order chi connectivity index (χ1) is 9.08. The second-order valence-electron chi connectivity index (χ2n) is 4.10. The molecule has 0 aliphatic rings. The van der Waals surface area contributed by atoms with Gasteiger partial charge in [0, 0.05) is 18.0 Å². The minimum Gasteiger partial charge on any atom is -0.370 e. The molecule has 1 aromatic carbocycles. The maximum absolute atomic E-state index is 11.1. The van der Waals surface area contributed by atoms with Crippen molar-refractivity contribution in [2.24, 2.45) is 0 Å². The first-order valence-electron chi connectivity index (χ1n) is 6.08. The molecule has 0 amide bonds. The molecule has 0 saturated heterocycles. The molecule has 1 N–H and O–H groups in total. The van der Waals surface area contributed by atoms with Gasteiger partial charge >= 0.3 is 0 Å². The van der Waals surface area contributed by atoms with Crippen molar-refractivity contribution in [3.8, 4) is 0 Å². The van der Waals surface area contributed by atoms with Gasteiger partial charge in [-0.3, -0.25) is 10.1 Å². The highest BCUT2D eigenvalue weighted by Gasteiger charge is 2.17. The zero-order valence-electron chi connectivity index (χ0n) is 10.7. The summed E-state index contributed by atoms with van der Waals surface area (Å²) in [6.45, 7) is 4.67. The lowest BCUT2D eigenvalue weighted by molar-refractivity contribution is -0.383. The van der Waals surface area contributed by atoms with Crippen LogP contribution in [0.15, 0.2) is 18.2 Å². The van der Waals surface area contributed by atoms with E-state index < -0.39 is 4.92 Å². The van der Waals surface area contributed by atoms with Crippen LogP contribution in [0.2, 0.25) is 5.02 Å². The summed E-state index contributed by atoms with van der Waals surface area (Å²) in [4.78, 5) is 15.0. The third-order valence-electron chi connectivity index (χ3n) is 2.91. The van der Waals surface area contributed by atoms with E-state index in [4.69, 9.17) is 11.6 Å². The van der Waals surface area contributed by atoms with Crippen LogP contribution in [-0.2, 0) is 6.42 Å². The summed E-state index contributed by atoms with van der Waals surface area (Å²) < 4.78 is 0. The van der Waals surface area contributed by atoms with Gasteiger partial charge in [0.25, 0.3) is 5.69 Å². The highest BCUT2D eigenvalue weighted by atomic mass is 35.5. The van der Waals surface area contributed by atoms with Crippen LogP contribution in [0.3, 0.4) is 0 Å². The Kier molecular flexibility index (Phi) is 3.85. The van der Waals surface area contributed by atoms with Gasteiger partial charge in [-0.15, -0.1) is 0 Å². The summed E-state index contributed by atoms with van der Waals surface area (Å²) in [7, 11) is 0. The Morgan fingerprint density at radius 2 is 2.16 bits per heavy atom. The van der Waals surface area contributed by atoms with Gasteiger partial charge in [-0.2, -0.15) is 0 Å². The summed E-state index contributed by atoms with van der Waals surface area (Å²) >= 11 is 6.11. The van der Waals surface area contributed by atoms with Crippen LogP contribution >= 0.6 is 11.6 Å². The number of halogens is 1. The average molecular weight is 280 g/mol. The van der Waals surface area contributed by atoms with Crippen LogP contribution < -0.4 is 5.32 Å². The Labute approximate surface area is 115 Å². The molecular formula is C13H14ClN3O2. The molecule has 100 valence electrons. The molecule has 19 heavy (non-hydrogen) atoms. The van der Waals surface area contributed by atoms with Gasteiger partial charge in [0.2, 0.25) is 0 Å². The smallest absolute Gasteiger partial charge is 0.295 e. The fraction of sp³-hybridized carbons (Fsp3) is 0.308. The van der Waals surface area contributed by atoms with E-state index in [0.29, 0.717) is 28.3 Å². The van der Waals surface area contributed by atoms with Crippen LogP contribution in [0.1, 0.15) is 19.4 Å². The minimum absolute atomic E-state index is 0.0267. The molecule has 1 heterocycles. The number of pyridine rings is 1. The molecule has 6 heteroatoms. The number of nitro benzene ring substituents is 1. The molecule has 0 spiro atoms. The van der Waals surface area contributed by atoms with Gasteiger partial charge in [0.1, 0.15) is 5.82 Å². The molecule has 0 aliphatic heterocycles. The average Bonchev–Trinajstić information content (AvgIpc) is 2.38. The number of nitrogens with zero attached hydrogens (tertiary/aromatic N) is 2. The normalized spacial score (nSPS) is 10.7. The summed E-state index contributed by atoms with van der Waals surface area (Å²) in [5, 5.41) is 15.3. The zero-order valence-corrected chi connectivity index (χ0v) is 11.5. The Hall–Kier alpha value is -1.88. The van der Waals surface area contributed by atoms with E-state index in [2.05, 4.69) is 10.3 Å². The van der Waals surface area contributed by atoms with Crippen LogP contribution in [0.4, 0.5) is 11.5 Å². The Bertz CT molecular complexity index is 643. The van der Waals surface area contributed by atoms with Crippen molar-refractivity contribution in [1.29, 1.82) is 0 Å². The van der Waals surface area contributed by atoms with E-state index in [1.54, 1.807) is 0 Å². The van der Waals surface area contributed by atoms with Crippen molar-refractivity contribution < 1.29 is 4.92 Å². The standard InChI is InChI=1S/C13H14ClN3O2/c1-3-8-7-9-10(14)5-6-11(17(18)19)12(9)16-13(8)15-4-2/h5-7H,3-4H2,1-2H3,(H,15,16). The van der Waals surface area contributed by atoms with E-state index in [0.717, 1.165) is 12.0 Å². The first-order valence-corrected chi connectivity index (χ1v) is 6.46. The number of nitrogens with one attached hydrogen (secondary N) is 1. The van der Waals surface area contributed by atoms with E-state index in [1.165, 1.54) is 12.1 Å². The van der Waals surface area contributed by atoms with Gasteiger partial charge in [-0.1, -0.05) is 18.5 Å². The van der Waals surface area contributed by atoms with E-state index in [9.17, 15) is 10.1 Å². The lowest BCUT2D eigenvalue weighted by Crippen LogP contribution is -2.04. The van der Waals surface area contributed by atoms with Crippen molar-refractivity contribution in [3.05, 3.63) is 38.9 Å². The molecule has 0 aliphatic carbocycles. The van der Waals surface area contributed by atoms with Crippen LogP contribution in [-0.4, -0.2) is 16.5 Å². The summed E-state index contributed by atoms with van der Waals surface area (Å²) in [6, 6.07) is 4.80. The molecule has 2 aromatic rings. The summed E-state index contributed by atoms with van der Waals surface area (Å²) in [5.41, 5.74) is 1.30. The third kappa shape index (κ3) is 2.46. The number of hydrogen-bond donors (Lipinski definition) is 1. The number of non-ortho nitro benzene ring substituents is 1. The molecule has 0 radical (unpaired) electrons. The maximum Gasteiger partial charge on any atom is 0.295 e. The molecule has 0 bridgehead atoms. The quantitative estimate of drug-likeness (QED) is 0.683. The van der Waals surface area contributed by atoms with Crippen LogP contribution in [0.25, 0.3) is 10.9 Å². The molecule has 1 aromatic heterocycles. The minimum atomic E-state index is -0.437. The molecule has 0 fully saturated rings. The first kappa shape index (κ1) is 13.5. The van der Waals surface area contributed by atoms with Crippen molar-refractivity contribution in [3.63, 3.8) is 0 Å². The second-order valence-corrected chi connectivity index (χ2v) is 4.51. The molecule has 0 unspecified atom stereocenters. The highest BCUT2D eigenvalue weighted by molar-refractivity contribution is 6.35. The Morgan fingerprint density at radius 1 is 1.42 bits per heavy atom. The fourth-order valence-electron chi connectivity index (χ4n) is 1.99. The van der Waals surface area contributed by atoms with Crippen molar-refractivity contribution in [1.82, 2.24) is 4.98 Å². The zero-order chi connectivity index (χ0) is 14.0.